The molecule has 1 aromatic carbocycles. The zero-order valence-electron chi connectivity index (χ0n) is 10.2. The number of aromatic nitrogens is 1. The van der Waals surface area contributed by atoms with Gasteiger partial charge < -0.3 is 14.8 Å². The molecule has 6 nitrogen and oxygen atoms in total. The number of carbonyl (C=O) groups is 2. The minimum Gasteiger partial charge on any atom is -0.464 e. The third-order valence-electron chi connectivity index (χ3n) is 2.87. The molecule has 0 fully saturated rings. The molecule has 3 aromatic rings. The highest BCUT2D eigenvalue weighted by atomic mass is 16.4. The SMILES string of the molecule is O=C(Nc1ccc2cn(C(=O)O)cc2c1)c1ccco1. The predicted octanol–water partition coefficient (Wildman–Crippen LogP) is 3.01. The summed E-state index contributed by atoms with van der Waals surface area (Å²) < 4.78 is 6.07. The number of furan rings is 1. The van der Waals surface area contributed by atoms with E-state index in [-0.39, 0.29) is 11.7 Å². The molecule has 1 amide bonds. The maximum atomic E-state index is 11.8. The number of hydrogen-bond acceptors (Lipinski definition) is 3. The van der Waals surface area contributed by atoms with Gasteiger partial charge in [-0.25, -0.2) is 4.79 Å². The molecule has 3 rings (SSSR count). The Kier molecular flexibility index (Phi) is 2.76. The number of amides is 1. The Balaban J connectivity index is 1.89. The topological polar surface area (TPSA) is 84.5 Å². The van der Waals surface area contributed by atoms with Crippen molar-refractivity contribution in [2.75, 3.05) is 5.32 Å². The average Bonchev–Trinajstić information content (AvgIpc) is 3.07. The molecule has 0 aliphatic rings. The fourth-order valence-corrected chi connectivity index (χ4v) is 1.93. The van der Waals surface area contributed by atoms with Crippen molar-refractivity contribution < 1.29 is 19.1 Å². The van der Waals surface area contributed by atoms with Crippen molar-refractivity contribution in [2.24, 2.45) is 0 Å². The quantitative estimate of drug-likeness (QED) is 0.749. The molecule has 0 saturated carbocycles. The molecule has 2 heterocycles. The minimum atomic E-state index is -1.05. The summed E-state index contributed by atoms with van der Waals surface area (Å²) in [5, 5.41) is 13.1. The van der Waals surface area contributed by atoms with Gasteiger partial charge in [0.25, 0.3) is 5.91 Å². The van der Waals surface area contributed by atoms with Crippen molar-refractivity contribution in [3.8, 4) is 0 Å². The summed E-state index contributed by atoms with van der Waals surface area (Å²) in [7, 11) is 0. The highest BCUT2D eigenvalue weighted by Crippen LogP contribution is 2.20. The first-order valence-corrected chi connectivity index (χ1v) is 5.83. The number of benzene rings is 1. The molecular weight excluding hydrogens is 260 g/mol. The maximum absolute atomic E-state index is 11.8. The lowest BCUT2D eigenvalue weighted by atomic mass is 10.2. The van der Waals surface area contributed by atoms with Crippen LogP contribution < -0.4 is 5.32 Å². The lowest BCUT2D eigenvalue weighted by Gasteiger charge is -2.02. The van der Waals surface area contributed by atoms with Gasteiger partial charge in [0.2, 0.25) is 0 Å². The third kappa shape index (κ3) is 2.14. The number of anilines is 1. The van der Waals surface area contributed by atoms with Gasteiger partial charge in [0.15, 0.2) is 5.76 Å². The number of hydrogen-bond donors (Lipinski definition) is 2. The highest BCUT2D eigenvalue weighted by Gasteiger charge is 2.10. The van der Waals surface area contributed by atoms with Crippen LogP contribution >= 0.6 is 0 Å². The second kappa shape index (κ2) is 4.58. The number of nitrogens with zero attached hydrogens (tertiary/aromatic N) is 1. The van der Waals surface area contributed by atoms with Crippen LogP contribution in [0, 0.1) is 0 Å². The fraction of sp³-hybridized carbons (Fsp3) is 0. The van der Waals surface area contributed by atoms with Crippen LogP contribution in [0.5, 0.6) is 0 Å². The van der Waals surface area contributed by atoms with E-state index in [9.17, 15) is 9.59 Å². The van der Waals surface area contributed by atoms with E-state index >= 15 is 0 Å². The van der Waals surface area contributed by atoms with Crippen LogP contribution in [0.25, 0.3) is 10.8 Å². The molecule has 100 valence electrons. The van der Waals surface area contributed by atoms with Crippen molar-refractivity contribution >= 4 is 28.5 Å². The van der Waals surface area contributed by atoms with Crippen molar-refractivity contribution in [3.63, 3.8) is 0 Å². The zero-order valence-corrected chi connectivity index (χ0v) is 10.2. The first-order valence-electron chi connectivity index (χ1n) is 5.83. The van der Waals surface area contributed by atoms with E-state index in [1.54, 1.807) is 30.3 Å². The second-order valence-electron chi connectivity index (χ2n) is 4.22. The summed E-state index contributed by atoms with van der Waals surface area (Å²) >= 11 is 0. The number of nitrogens with one attached hydrogen (secondary N) is 1. The van der Waals surface area contributed by atoms with Crippen LogP contribution in [-0.2, 0) is 0 Å². The lowest BCUT2D eigenvalue weighted by Crippen LogP contribution is -2.10. The van der Waals surface area contributed by atoms with Crippen molar-refractivity contribution in [3.05, 3.63) is 54.7 Å². The lowest BCUT2D eigenvalue weighted by molar-refractivity contribution is 0.0996. The van der Waals surface area contributed by atoms with Gasteiger partial charge in [-0.05, 0) is 24.3 Å². The largest absolute Gasteiger partial charge is 0.464 e. The molecule has 0 bridgehead atoms. The van der Waals surface area contributed by atoms with E-state index in [4.69, 9.17) is 9.52 Å². The van der Waals surface area contributed by atoms with Gasteiger partial charge in [-0.3, -0.25) is 9.36 Å². The Labute approximate surface area is 113 Å². The van der Waals surface area contributed by atoms with Crippen LogP contribution in [0.15, 0.2) is 53.4 Å². The maximum Gasteiger partial charge on any atom is 0.415 e. The van der Waals surface area contributed by atoms with Crippen molar-refractivity contribution in [1.82, 2.24) is 4.57 Å². The smallest absolute Gasteiger partial charge is 0.415 e. The van der Waals surface area contributed by atoms with Gasteiger partial charge in [0.1, 0.15) is 0 Å². The Bertz CT molecular complexity index is 787. The summed E-state index contributed by atoms with van der Waals surface area (Å²) in [4.78, 5) is 22.7. The van der Waals surface area contributed by atoms with Crippen LogP contribution in [0.3, 0.4) is 0 Å². The molecule has 0 aliphatic carbocycles. The Morgan fingerprint density at radius 2 is 1.95 bits per heavy atom. The first kappa shape index (κ1) is 12.0. The predicted molar refractivity (Wildman–Crippen MR) is 72.0 cm³/mol. The molecule has 0 atom stereocenters. The molecule has 0 radical (unpaired) electrons. The molecule has 0 unspecified atom stereocenters. The Morgan fingerprint density at radius 3 is 2.65 bits per heavy atom. The van der Waals surface area contributed by atoms with Gasteiger partial charge in [-0.15, -0.1) is 0 Å². The van der Waals surface area contributed by atoms with E-state index in [1.165, 1.54) is 18.7 Å². The summed E-state index contributed by atoms with van der Waals surface area (Å²) in [5.41, 5.74) is 0.571. The molecule has 0 saturated heterocycles. The number of carbonyl (C=O) groups excluding carboxylic acids is 1. The number of rotatable bonds is 2. The number of carboxylic acid groups (broad SMARTS) is 1. The van der Waals surface area contributed by atoms with Gasteiger partial charge in [0.05, 0.1) is 6.26 Å². The normalized spacial score (nSPS) is 10.6. The monoisotopic (exact) mass is 270 g/mol. The molecular formula is C14H10N2O4. The Hall–Kier alpha value is -3.02. The summed E-state index contributed by atoms with van der Waals surface area (Å²) in [6, 6.07) is 8.34. The minimum absolute atomic E-state index is 0.216. The summed E-state index contributed by atoms with van der Waals surface area (Å²) in [6.07, 6.45) is 3.36. The molecule has 0 spiro atoms. The van der Waals surface area contributed by atoms with E-state index in [1.807, 2.05) is 0 Å². The summed E-state index contributed by atoms with van der Waals surface area (Å²) in [5.74, 6) is -0.139. The molecule has 0 aliphatic heterocycles. The molecule has 2 aromatic heterocycles. The fourth-order valence-electron chi connectivity index (χ4n) is 1.93. The number of fused-ring (bicyclic) bond motifs is 1. The van der Waals surface area contributed by atoms with Gasteiger partial charge in [0, 0.05) is 28.9 Å². The molecule has 6 heteroatoms. The van der Waals surface area contributed by atoms with Crippen LogP contribution in [0.2, 0.25) is 0 Å². The van der Waals surface area contributed by atoms with E-state index < -0.39 is 6.09 Å². The summed E-state index contributed by atoms with van der Waals surface area (Å²) in [6.45, 7) is 0. The Morgan fingerprint density at radius 1 is 1.15 bits per heavy atom. The zero-order chi connectivity index (χ0) is 14.1. The van der Waals surface area contributed by atoms with Crippen molar-refractivity contribution in [1.29, 1.82) is 0 Å². The van der Waals surface area contributed by atoms with Crippen LogP contribution in [-0.4, -0.2) is 21.7 Å². The van der Waals surface area contributed by atoms with E-state index in [0.717, 1.165) is 15.3 Å². The van der Waals surface area contributed by atoms with Gasteiger partial charge in [-0.1, -0.05) is 6.07 Å². The van der Waals surface area contributed by atoms with Crippen molar-refractivity contribution in [2.45, 2.75) is 0 Å². The third-order valence-corrected chi connectivity index (χ3v) is 2.87. The van der Waals surface area contributed by atoms with Gasteiger partial charge in [-0.2, -0.15) is 0 Å². The molecule has 20 heavy (non-hydrogen) atoms. The van der Waals surface area contributed by atoms with E-state index in [2.05, 4.69) is 5.32 Å². The highest BCUT2D eigenvalue weighted by molar-refractivity contribution is 6.03. The van der Waals surface area contributed by atoms with Gasteiger partial charge >= 0.3 is 6.09 Å². The molecule has 2 N–H and O–H groups in total. The average molecular weight is 270 g/mol. The second-order valence-corrected chi connectivity index (χ2v) is 4.22. The van der Waals surface area contributed by atoms with E-state index in [0.29, 0.717) is 5.69 Å². The first-order chi connectivity index (χ1) is 9.63. The van der Waals surface area contributed by atoms with Crippen LogP contribution in [0.4, 0.5) is 10.5 Å². The van der Waals surface area contributed by atoms with Crippen LogP contribution in [0.1, 0.15) is 10.6 Å². The standard InChI is InChI=1S/C14H10N2O4/c17-13(12-2-1-5-20-12)15-11-4-3-9-7-16(14(18)19)8-10(9)6-11/h1-8H,(H,15,17)(H,18,19).